The molecule has 3 aromatic rings. The Morgan fingerprint density at radius 1 is 1.10 bits per heavy atom. The van der Waals surface area contributed by atoms with Crippen LogP contribution in [0.2, 0.25) is 5.02 Å². The van der Waals surface area contributed by atoms with Crippen LogP contribution in [0.3, 0.4) is 0 Å². The van der Waals surface area contributed by atoms with E-state index in [1.165, 1.54) is 0 Å². The van der Waals surface area contributed by atoms with Crippen LogP contribution < -0.4 is 19.9 Å². The fourth-order valence-corrected chi connectivity index (χ4v) is 8.38. The van der Waals surface area contributed by atoms with Gasteiger partial charge >= 0.3 is 6.01 Å². The summed E-state index contributed by atoms with van der Waals surface area (Å²) in [6.45, 7) is 4.76. The number of nitrogens with zero attached hydrogens (tertiary/aromatic N) is 5. The van der Waals surface area contributed by atoms with E-state index in [0.29, 0.717) is 38.7 Å². The maximum absolute atomic E-state index is 14.4. The highest BCUT2D eigenvalue weighted by atomic mass is 35.5. The number of alkyl halides is 1. The number of aliphatic hydroxyl groups is 1. The molecule has 6 heterocycles. The molecule has 1 aromatic heterocycles. The summed E-state index contributed by atoms with van der Waals surface area (Å²) in [6, 6.07) is 13.0. The van der Waals surface area contributed by atoms with Crippen LogP contribution in [0.15, 0.2) is 36.4 Å². The van der Waals surface area contributed by atoms with Crippen LogP contribution in [0, 0.1) is 0 Å². The number of piperazine rings is 1. The maximum Gasteiger partial charge on any atom is 0.318 e. The monoisotopic (exact) mass is 578 g/mol. The van der Waals surface area contributed by atoms with E-state index < -0.39 is 6.17 Å². The number of anilines is 2. The number of halogens is 2. The molecule has 2 unspecified atom stereocenters. The quantitative estimate of drug-likeness (QED) is 0.475. The van der Waals surface area contributed by atoms with E-state index >= 15 is 0 Å². The second-order valence-corrected chi connectivity index (χ2v) is 13.0. The van der Waals surface area contributed by atoms with Gasteiger partial charge < -0.3 is 25.0 Å². The lowest BCUT2D eigenvalue weighted by Gasteiger charge is -2.38. The Kier molecular flexibility index (Phi) is 6.29. The van der Waals surface area contributed by atoms with Gasteiger partial charge in [0.05, 0.1) is 34.9 Å². The fourth-order valence-electron chi connectivity index (χ4n) is 8.10. The first-order chi connectivity index (χ1) is 20.0. The number of fused-ring (bicyclic) bond motifs is 5. The molecule has 2 aromatic carbocycles. The zero-order valence-electron chi connectivity index (χ0n) is 23.1. The predicted molar refractivity (Wildman–Crippen MR) is 158 cm³/mol. The zero-order chi connectivity index (χ0) is 27.7. The minimum atomic E-state index is -0.803. The summed E-state index contributed by atoms with van der Waals surface area (Å²) in [5.74, 6) is 0.918. The molecular weight excluding hydrogens is 543 g/mol. The number of rotatable bonds is 5. The van der Waals surface area contributed by atoms with E-state index in [0.717, 1.165) is 83.9 Å². The second kappa shape index (κ2) is 9.93. The topological polar surface area (TPSA) is 77.0 Å². The molecule has 4 saturated heterocycles. The van der Waals surface area contributed by atoms with Gasteiger partial charge in [0, 0.05) is 55.3 Å². The summed E-state index contributed by atoms with van der Waals surface area (Å²) in [7, 11) is 0. The van der Waals surface area contributed by atoms with Gasteiger partial charge in [0.1, 0.15) is 18.6 Å². The average molecular weight is 579 g/mol. The number of aromatic nitrogens is 2. The molecule has 41 heavy (non-hydrogen) atoms. The van der Waals surface area contributed by atoms with E-state index in [1.54, 1.807) is 0 Å². The average Bonchev–Trinajstić information content (AvgIpc) is 3.59. The molecule has 5 atom stereocenters. The lowest BCUT2D eigenvalue weighted by molar-refractivity contribution is 0.107. The van der Waals surface area contributed by atoms with Crippen molar-refractivity contribution in [2.45, 2.75) is 68.5 Å². The van der Waals surface area contributed by atoms with E-state index in [9.17, 15) is 9.50 Å². The number of benzene rings is 2. The molecule has 216 valence electrons. The van der Waals surface area contributed by atoms with Crippen molar-refractivity contribution in [1.29, 1.82) is 0 Å². The molecular formula is C31H36ClFN6O2. The summed E-state index contributed by atoms with van der Waals surface area (Å²) in [5.41, 5.74) is 2.96. The van der Waals surface area contributed by atoms with Gasteiger partial charge in [-0.3, -0.25) is 4.90 Å². The smallest absolute Gasteiger partial charge is 0.318 e. The van der Waals surface area contributed by atoms with Crippen molar-refractivity contribution in [1.82, 2.24) is 20.2 Å². The van der Waals surface area contributed by atoms with Crippen LogP contribution in [0.4, 0.5) is 15.9 Å². The molecule has 5 aliphatic rings. The maximum atomic E-state index is 14.4. The number of hydrogen-bond acceptors (Lipinski definition) is 8. The highest BCUT2D eigenvalue weighted by Gasteiger charge is 2.49. The Labute approximate surface area is 244 Å². The number of nitrogens with one attached hydrogen (secondary N) is 1. The lowest BCUT2D eigenvalue weighted by atomic mass is 9.95. The Balaban J connectivity index is 1.14. The summed E-state index contributed by atoms with van der Waals surface area (Å²) < 4.78 is 20.8. The standard InChI is InChI=1S/C31H36ClFN6O2/c32-23-6-1-4-19-5-2-7-26(28(19)23)37-11-8-22-24(16-37)35-30(41-18-31-9-3-10-39(31)14-20(33)13-31)36-29(22)38-15-21-12-27(40)25(17-38)34-21/h1-2,4-7,20-21,25,27,34,40H,3,8-18H2/t20?,21-,25-,27-,31?/m1/s1. The number of aliphatic hydroxyl groups excluding tert-OH is 1. The van der Waals surface area contributed by atoms with Gasteiger partial charge in [0.15, 0.2) is 0 Å². The third-order valence-electron chi connectivity index (χ3n) is 10.0. The first kappa shape index (κ1) is 25.9. The van der Waals surface area contributed by atoms with Crippen LogP contribution in [-0.2, 0) is 13.0 Å². The van der Waals surface area contributed by atoms with Crippen molar-refractivity contribution in [2.75, 3.05) is 49.1 Å². The van der Waals surface area contributed by atoms with Crippen molar-refractivity contribution in [3.8, 4) is 6.01 Å². The first-order valence-corrected chi connectivity index (χ1v) is 15.4. The van der Waals surface area contributed by atoms with Crippen LogP contribution >= 0.6 is 11.6 Å². The van der Waals surface area contributed by atoms with E-state index in [1.807, 2.05) is 12.1 Å². The molecule has 10 heteroatoms. The molecule has 0 amide bonds. The van der Waals surface area contributed by atoms with Gasteiger partial charge in [0.2, 0.25) is 0 Å². The van der Waals surface area contributed by atoms with Gasteiger partial charge in [-0.25, -0.2) is 4.39 Å². The lowest BCUT2D eigenvalue weighted by Crippen LogP contribution is -2.53. The van der Waals surface area contributed by atoms with Crippen LogP contribution in [0.5, 0.6) is 6.01 Å². The molecule has 2 bridgehead atoms. The van der Waals surface area contributed by atoms with Crippen molar-refractivity contribution < 1.29 is 14.2 Å². The zero-order valence-corrected chi connectivity index (χ0v) is 23.9. The second-order valence-electron chi connectivity index (χ2n) is 12.6. The molecule has 8 rings (SSSR count). The SMILES string of the molecule is O[C@@H]1C[C@@H]2CN(c3nc(OCC45CCCN4CC(F)C5)nc4c3CCN(c3cccc5cccc(Cl)c35)C4)C[C@H]1N2. The summed E-state index contributed by atoms with van der Waals surface area (Å²) in [4.78, 5) is 16.9. The Morgan fingerprint density at radius 3 is 2.85 bits per heavy atom. The molecule has 0 spiro atoms. The predicted octanol–water partition coefficient (Wildman–Crippen LogP) is 3.71. The van der Waals surface area contributed by atoms with E-state index in [-0.39, 0.29) is 23.7 Å². The fraction of sp³-hybridized carbons (Fsp3) is 0.548. The van der Waals surface area contributed by atoms with Crippen molar-refractivity contribution in [3.05, 3.63) is 52.7 Å². The van der Waals surface area contributed by atoms with Crippen LogP contribution in [-0.4, -0.2) is 89.2 Å². The Bertz CT molecular complexity index is 1490. The highest BCUT2D eigenvalue weighted by molar-refractivity contribution is 6.36. The van der Waals surface area contributed by atoms with E-state index in [4.69, 9.17) is 26.3 Å². The molecule has 2 N–H and O–H groups in total. The van der Waals surface area contributed by atoms with Crippen molar-refractivity contribution in [2.24, 2.45) is 0 Å². The number of ether oxygens (including phenoxy) is 1. The van der Waals surface area contributed by atoms with Crippen LogP contribution in [0.25, 0.3) is 10.8 Å². The van der Waals surface area contributed by atoms with E-state index in [2.05, 4.69) is 44.3 Å². The first-order valence-electron chi connectivity index (χ1n) is 15.0. The molecule has 8 nitrogen and oxygen atoms in total. The number of hydrogen-bond donors (Lipinski definition) is 2. The largest absolute Gasteiger partial charge is 0.461 e. The molecule has 0 radical (unpaired) electrons. The highest BCUT2D eigenvalue weighted by Crippen LogP contribution is 2.41. The van der Waals surface area contributed by atoms with Gasteiger partial charge in [-0.1, -0.05) is 35.9 Å². The minimum absolute atomic E-state index is 0.0348. The Morgan fingerprint density at radius 2 is 1.98 bits per heavy atom. The van der Waals surface area contributed by atoms with Gasteiger partial charge in [0.25, 0.3) is 0 Å². The van der Waals surface area contributed by atoms with Gasteiger partial charge in [-0.05, 0) is 49.7 Å². The van der Waals surface area contributed by atoms with Gasteiger partial charge in [-0.15, -0.1) is 0 Å². The molecule has 5 aliphatic heterocycles. The summed E-state index contributed by atoms with van der Waals surface area (Å²) in [6.07, 6.45) is 2.95. The van der Waals surface area contributed by atoms with Crippen molar-refractivity contribution >= 4 is 33.9 Å². The molecule has 0 saturated carbocycles. The van der Waals surface area contributed by atoms with Crippen molar-refractivity contribution in [3.63, 3.8) is 0 Å². The molecule has 4 fully saturated rings. The Hall–Kier alpha value is -2.72. The summed E-state index contributed by atoms with van der Waals surface area (Å²) >= 11 is 6.70. The third kappa shape index (κ3) is 4.44. The minimum Gasteiger partial charge on any atom is -0.461 e. The summed E-state index contributed by atoms with van der Waals surface area (Å²) in [5, 5.41) is 17.0. The van der Waals surface area contributed by atoms with Crippen LogP contribution in [0.1, 0.15) is 36.9 Å². The van der Waals surface area contributed by atoms with Gasteiger partial charge in [-0.2, -0.15) is 9.97 Å². The normalized spacial score (nSPS) is 31.1. The molecule has 0 aliphatic carbocycles. The third-order valence-corrected chi connectivity index (χ3v) is 10.3.